The van der Waals surface area contributed by atoms with Gasteiger partial charge in [-0.2, -0.15) is 0 Å². The predicted molar refractivity (Wildman–Crippen MR) is 228 cm³/mol. The lowest BCUT2D eigenvalue weighted by molar-refractivity contribution is -0.136. The van der Waals surface area contributed by atoms with Crippen molar-refractivity contribution in [3.8, 4) is 39.2 Å². The van der Waals surface area contributed by atoms with E-state index in [0.717, 1.165) is 108 Å². The van der Waals surface area contributed by atoms with Crippen molar-refractivity contribution in [1.82, 2.24) is 20.0 Å². The zero-order valence-electron chi connectivity index (χ0n) is 33.3. The quantitative estimate of drug-likeness (QED) is 0.108. The van der Waals surface area contributed by atoms with Crippen LogP contribution in [-0.2, 0) is 9.59 Å². The maximum Gasteiger partial charge on any atom is 0.262 e. The van der Waals surface area contributed by atoms with Crippen molar-refractivity contribution in [1.29, 1.82) is 0 Å². The van der Waals surface area contributed by atoms with E-state index in [0.29, 0.717) is 41.1 Å². The molecule has 1 aromatic heterocycles. The molecule has 4 aliphatic heterocycles. The molecule has 1 atom stereocenters. The third-order valence-electron chi connectivity index (χ3n) is 12.5. The summed E-state index contributed by atoms with van der Waals surface area (Å²) in [5, 5.41) is 23.1. The number of hydrogen-bond acceptors (Lipinski definition) is 11. The Balaban J connectivity index is 0.695. The van der Waals surface area contributed by atoms with Crippen molar-refractivity contribution in [3.05, 3.63) is 102 Å². The smallest absolute Gasteiger partial charge is 0.262 e. The van der Waals surface area contributed by atoms with E-state index in [-0.39, 0.29) is 30.2 Å². The van der Waals surface area contributed by atoms with Crippen LogP contribution in [0.1, 0.15) is 77.1 Å². The Bertz CT molecular complexity index is 2420. The van der Waals surface area contributed by atoms with Crippen LogP contribution < -0.4 is 14.8 Å². The van der Waals surface area contributed by atoms with Gasteiger partial charge in [0.2, 0.25) is 11.8 Å². The molecule has 13 heteroatoms. The number of imide groups is 2. The minimum absolute atomic E-state index is 0.105. The highest BCUT2D eigenvalue weighted by atomic mass is 32.1. The van der Waals surface area contributed by atoms with Gasteiger partial charge in [0, 0.05) is 16.5 Å². The van der Waals surface area contributed by atoms with E-state index in [9.17, 15) is 29.4 Å². The topological polar surface area (TPSA) is 149 Å². The second-order valence-corrected chi connectivity index (χ2v) is 17.4. The highest BCUT2D eigenvalue weighted by molar-refractivity contribution is 7.22. The van der Waals surface area contributed by atoms with Crippen LogP contribution in [0.2, 0.25) is 0 Å². The van der Waals surface area contributed by atoms with Crippen LogP contribution >= 0.6 is 11.3 Å². The number of hydrogen-bond donors (Lipinski definition) is 3. The van der Waals surface area contributed by atoms with Crippen molar-refractivity contribution in [2.24, 2.45) is 5.92 Å². The normalized spacial score (nSPS) is 19.5. The van der Waals surface area contributed by atoms with Gasteiger partial charge in [0.15, 0.2) is 5.75 Å². The van der Waals surface area contributed by atoms with Crippen LogP contribution in [0.15, 0.2) is 84.9 Å². The summed E-state index contributed by atoms with van der Waals surface area (Å²) < 4.78 is 13.6. The minimum atomic E-state index is -0.952. The molecule has 4 aliphatic rings. The average molecular weight is 829 g/mol. The van der Waals surface area contributed by atoms with Crippen molar-refractivity contribution in [2.75, 3.05) is 45.9 Å². The van der Waals surface area contributed by atoms with Gasteiger partial charge in [0.25, 0.3) is 11.8 Å². The molecule has 5 heterocycles. The highest BCUT2D eigenvalue weighted by Crippen LogP contribution is 2.47. The first-order valence-electron chi connectivity index (χ1n) is 20.9. The molecule has 310 valence electrons. The summed E-state index contributed by atoms with van der Waals surface area (Å²) in [6, 6.07) is 24.6. The largest absolute Gasteiger partial charge is 0.508 e. The van der Waals surface area contributed by atoms with Gasteiger partial charge >= 0.3 is 0 Å². The summed E-state index contributed by atoms with van der Waals surface area (Å²) in [6.07, 6.45) is 5.55. The summed E-state index contributed by atoms with van der Waals surface area (Å²) in [6.45, 7) is 6.92. The summed E-state index contributed by atoms with van der Waals surface area (Å²) in [5.74, 6) is 1.52. The van der Waals surface area contributed by atoms with Crippen LogP contribution in [-0.4, -0.2) is 100 Å². The van der Waals surface area contributed by atoms with Gasteiger partial charge in [-0.25, -0.2) is 0 Å². The fourth-order valence-corrected chi connectivity index (χ4v) is 10.2. The lowest BCUT2D eigenvalue weighted by Crippen LogP contribution is -2.54. The molecular formula is C47H48N4O8S. The van der Waals surface area contributed by atoms with Gasteiger partial charge in [0.1, 0.15) is 29.0 Å². The molecule has 3 fully saturated rings. The van der Waals surface area contributed by atoms with Crippen LogP contribution in [0.3, 0.4) is 0 Å². The standard InChI is InChI=1S/C47H48N4O8S/c52-33-5-2-31(3-6-33)44-43(38-13-7-34(53)27-41(38)60-44)59-36-10-8-35(9-11-36)58-28-29-16-22-49(23-17-29)20-1-21-50-24-18-30(19-25-50)32-4-12-37-39(26-32)47(57)51(46(37)56)40-14-15-42(54)48-45(40)55/h2-13,26-27,29-30,40,52-53H,1,14-25,28H2,(H,48,54,55). The van der Waals surface area contributed by atoms with E-state index in [1.54, 1.807) is 30.3 Å². The molecule has 4 amide bonds. The Labute approximate surface area is 352 Å². The lowest BCUT2D eigenvalue weighted by Gasteiger charge is -2.34. The van der Waals surface area contributed by atoms with Crippen LogP contribution in [0.5, 0.6) is 28.7 Å². The number of phenols is 2. The maximum absolute atomic E-state index is 13.3. The Morgan fingerprint density at radius 3 is 2.08 bits per heavy atom. The van der Waals surface area contributed by atoms with Gasteiger partial charge in [-0.1, -0.05) is 6.07 Å². The van der Waals surface area contributed by atoms with Crippen molar-refractivity contribution < 1.29 is 38.9 Å². The summed E-state index contributed by atoms with van der Waals surface area (Å²) >= 11 is 1.53. The molecule has 1 unspecified atom stereocenters. The number of amides is 4. The fraction of sp³-hybridized carbons (Fsp3) is 0.362. The van der Waals surface area contributed by atoms with E-state index >= 15 is 0 Å². The number of nitrogens with zero attached hydrogens (tertiary/aromatic N) is 3. The van der Waals surface area contributed by atoms with Crippen molar-refractivity contribution >= 4 is 45.1 Å². The second-order valence-electron chi connectivity index (χ2n) is 16.4. The molecule has 0 radical (unpaired) electrons. The Morgan fingerprint density at radius 2 is 1.37 bits per heavy atom. The predicted octanol–water partition coefficient (Wildman–Crippen LogP) is 7.53. The fourth-order valence-electron chi connectivity index (χ4n) is 9.03. The molecule has 5 aromatic rings. The van der Waals surface area contributed by atoms with Crippen LogP contribution in [0.4, 0.5) is 0 Å². The van der Waals surface area contributed by atoms with E-state index in [2.05, 4.69) is 15.1 Å². The molecule has 0 bridgehead atoms. The van der Waals surface area contributed by atoms with Crippen molar-refractivity contribution in [3.63, 3.8) is 0 Å². The Kier molecular flexibility index (Phi) is 11.3. The number of nitrogens with one attached hydrogen (secondary N) is 1. The van der Waals surface area contributed by atoms with Gasteiger partial charge in [-0.3, -0.25) is 29.4 Å². The summed E-state index contributed by atoms with van der Waals surface area (Å²) in [5.41, 5.74) is 2.67. The number of ether oxygens (including phenoxy) is 2. The molecule has 3 saturated heterocycles. The summed E-state index contributed by atoms with van der Waals surface area (Å²) in [7, 11) is 0. The molecule has 4 aromatic carbocycles. The van der Waals surface area contributed by atoms with Gasteiger partial charge < -0.3 is 29.5 Å². The van der Waals surface area contributed by atoms with Crippen molar-refractivity contribution in [2.45, 2.75) is 56.9 Å². The zero-order chi connectivity index (χ0) is 41.3. The molecule has 12 nitrogen and oxygen atoms in total. The average Bonchev–Trinajstić information content (AvgIpc) is 3.73. The number of thiophene rings is 1. The first-order valence-corrected chi connectivity index (χ1v) is 21.7. The van der Waals surface area contributed by atoms with Crippen LogP contribution in [0.25, 0.3) is 20.5 Å². The number of carbonyl (C=O) groups excluding carboxylic acids is 4. The number of phenolic OH excluding ortho intramolecular Hbond substituents is 2. The minimum Gasteiger partial charge on any atom is -0.508 e. The van der Waals surface area contributed by atoms with E-state index in [1.165, 1.54) is 11.3 Å². The number of carbonyl (C=O) groups is 4. The first kappa shape index (κ1) is 39.7. The first-order chi connectivity index (χ1) is 29.2. The third-order valence-corrected chi connectivity index (χ3v) is 13.6. The number of aromatic hydroxyl groups is 2. The molecule has 60 heavy (non-hydrogen) atoms. The zero-order valence-corrected chi connectivity index (χ0v) is 34.1. The number of fused-ring (bicyclic) bond motifs is 2. The molecule has 0 aliphatic carbocycles. The van der Waals surface area contributed by atoms with Gasteiger partial charge in [-0.15, -0.1) is 11.3 Å². The monoisotopic (exact) mass is 828 g/mol. The number of piperidine rings is 3. The third kappa shape index (κ3) is 8.34. The highest BCUT2D eigenvalue weighted by Gasteiger charge is 2.45. The number of likely N-dealkylation sites (tertiary alicyclic amines) is 2. The number of benzene rings is 4. The van der Waals surface area contributed by atoms with E-state index in [4.69, 9.17) is 9.47 Å². The molecular weight excluding hydrogens is 781 g/mol. The van der Waals surface area contributed by atoms with Gasteiger partial charge in [0.05, 0.1) is 22.6 Å². The SMILES string of the molecule is O=C1CCC(N2C(=O)c3ccc(C4CCN(CCCN5CCC(COc6ccc(Oc7c(-c8ccc(O)cc8)sc8cc(O)ccc78)cc6)CC5)CC4)cc3C2=O)C(=O)N1. The summed E-state index contributed by atoms with van der Waals surface area (Å²) in [4.78, 5) is 57.5. The Morgan fingerprint density at radius 1 is 0.700 bits per heavy atom. The van der Waals surface area contributed by atoms with Gasteiger partial charge in [-0.05, 0) is 180 Å². The lowest BCUT2D eigenvalue weighted by atomic mass is 9.87. The Hall–Kier alpha value is -5.76. The second kappa shape index (κ2) is 17.1. The molecule has 0 saturated carbocycles. The van der Waals surface area contributed by atoms with E-state index < -0.39 is 23.8 Å². The number of rotatable bonds is 12. The molecule has 3 N–H and O–H groups in total. The van der Waals surface area contributed by atoms with E-state index in [1.807, 2.05) is 54.6 Å². The van der Waals surface area contributed by atoms with Crippen LogP contribution in [0, 0.1) is 5.92 Å². The molecule has 0 spiro atoms. The molecule has 9 rings (SSSR count). The maximum atomic E-state index is 13.3.